The molecule has 0 radical (unpaired) electrons. The Morgan fingerprint density at radius 2 is 2.12 bits per heavy atom. The number of rotatable bonds is 2. The van der Waals surface area contributed by atoms with Gasteiger partial charge in [0.25, 0.3) is 0 Å². The molecule has 0 amide bonds. The van der Waals surface area contributed by atoms with Crippen LogP contribution in [0.1, 0.15) is 37.9 Å². The minimum absolute atomic E-state index is 0.269. The van der Waals surface area contributed by atoms with Crippen LogP contribution in [0.5, 0.6) is 0 Å². The number of fused-ring (bicyclic) bond motifs is 1. The molecule has 0 aliphatic heterocycles. The number of aryl methyl sites for hydroxylation is 2. The van der Waals surface area contributed by atoms with Gasteiger partial charge in [-0.1, -0.05) is 27.5 Å². The maximum atomic E-state index is 6.20. The van der Waals surface area contributed by atoms with Gasteiger partial charge in [-0.15, -0.1) is 22.7 Å². The average molecular weight is 348 g/mol. The van der Waals surface area contributed by atoms with E-state index in [1.807, 2.05) is 17.4 Å². The first kappa shape index (κ1) is 12.2. The van der Waals surface area contributed by atoms with E-state index in [1.54, 1.807) is 21.8 Å². The van der Waals surface area contributed by atoms with Crippen molar-refractivity contribution < 1.29 is 0 Å². The van der Waals surface area contributed by atoms with E-state index in [-0.39, 0.29) is 4.83 Å². The first-order valence-electron chi connectivity index (χ1n) is 5.74. The molecule has 1 aliphatic carbocycles. The topological polar surface area (TPSA) is 0 Å². The van der Waals surface area contributed by atoms with Crippen LogP contribution >= 0.6 is 50.2 Å². The van der Waals surface area contributed by atoms with Gasteiger partial charge in [-0.3, -0.25) is 0 Å². The third-order valence-electron chi connectivity index (χ3n) is 3.14. The molecule has 0 saturated carbocycles. The molecule has 0 aromatic carbocycles. The van der Waals surface area contributed by atoms with E-state index >= 15 is 0 Å². The fourth-order valence-electron chi connectivity index (χ4n) is 2.25. The Bertz CT molecular complexity index is 506. The molecule has 2 heterocycles. The summed E-state index contributed by atoms with van der Waals surface area (Å²) in [5.74, 6) is 0. The zero-order valence-corrected chi connectivity index (χ0v) is 13.2. The second-order valence-electron chi connectivity index (χ2n) is 4.30. The van der Waals surface area contributed by atoms with Gasteiger partial charge >= 0.3 is 0 Å². The van der Waals surface area contributed by atoms with Crippen LogP contribution in [0.25, 0.3) is 0 Å². The van der Waals surface area contributed by atoms with Crippen LogP contribution in [0.4, 0.5) is 0 Å². The van der Waals surface area contributed by atoms with Crippen LogP contribution < -0.4 is 0 Å². The molecule has 1 unspecified atom stereocenters. The molecule has 17 heavy (non-hydrogen) atoms. The van der Waals surface area contributed by atoms with Crippen LogP contribution in [-0.4, -0.2) is 0 Å². The van der Waals surface area contributed by atoms with Crippen molar-refractivity contribution in [3.05, 3.63) is 42.7 Å². The van der Waals surface area contributed by atoms with Crippen molar-refractivity contribution >= 4 is 50.2 Å². The van der Waals surface area contributed by atoms with Crippen LogP contribution in [0.2, 0.25) is 5.02 Å². The Morgan fingerprint density at radius 1 is 1.29 bits per heavy atom. The van der Waals surface area contributed by atoms with E-state index in [0.29, 0.717) is 0 Å². The lowest BCUT2D eigenvalue weighted by molar-refractivity contribution is 0.697. The SMILES string of the molecule is Clc1ccsc1C(Br)c1cc2c(s1)CCCC2. The number of halogens is 2. The normalized spacial score (nSPS) is 16.8. The summed E-state index contributed by atoms with van der Waals surface area (Å²) in [5, 5.41) is 2.93. The van der Waals surface area contributed by atoms with Crippen LogP contribution in [-0.2, 0) is 12.8 Å². The van der Waals surface area contributed by atoms with Gasteiger partial charge in [0.15, 0.2) is 0 Å². The van der Waals surface area contributed by atoms with Gasteiger partial charge < -0.3 is 0 Å². The number of thiophene rings is 2. The third kappa shape index (κ3) is 2.35. The van der Waals surface area contributed by atoms with Crippen molar-refractivity contribution in [2.75, 3.05) is 0 Å². The molecule has 0 nitrogen and oxygen atoms in total. The van der Waals surface area contributed by atoms with Gasteiger partial charge in [0, 0.05) is 14.6 Å². The summed E-state index contributed by atoms with van der Waals surface area (Å²) in [6.45, 7) is 0. The molecule has 3 rings (SSSR count). The zero-order chi connectivity index (χ0) is 11.8. The van der Waals surface area contributed by atoms with Gasteiger partial charge in [0.2, 0.25) is 0 Å². The van der Waals surface area contributed by atoms with Gasteiger partial charge in [-0.2, -0.15) is 0 Å². The van der Waals surface area contributed by atoms with E-state index < -0.39 is 0 Å². The number of alkyl halides is 1. The molecule has 0 spiro atoms. The summed E-state index contributed by atoms with van der Waals surface area (Å²) in [7, 11) is 0. The predicted molar refractivity (Wildman–Crippen MR) is 81.1 cm³/mol. The molecular weight excluding hydrogens is 336 g/mol. The molecule has 4 heteroatoms. The third-order valence-corrected chi connectivity index (χ3v) is 7.42. The first-order chi connectivity index (χ1) is 8.25. The van der Waals surface area contributed by atoms with Crippen molar-refractivity contribution in [3.63, 3.8) is 0 Å². The van der Waals surface area contributed by atoms with Crippen molar-refractivity contribution in [3.8, 4) is 0 Å². The molecule has 2 aromatic heterocycles. The highest BCUT2D eigenvalue weighted by Crippen LogP contribution is 2.43. The van der Waals surface area contributed by atoms with Crippen molar-refractivity contribution in [2.24, 2.45) is 0 Å². The smallest absolute Gasteiger partial charge is 0.0846 e. The molecule has 0 bridgehead atoms. The van der Waals surface area contributed by atoms with Gasteiger partial charge in [0.1, 0.15) is 0 Å². The second kappa shape index (κ2) is 5.04. The van der Waals surface area contributed by atoms with Crippen LogP contribution in [0.3, 0.4) is 0 Å². The largest absolute Gasteiger partial charge is 0.146 e. The van der Waals surface area contributed by atoms with E-state index in [2.05, 4.69) is 27.4 Å². The summed E-state index contributed by atoms with van der Waals surface area (Å²) in [4.78, 5) is 4.49. The highest BCUT2D eigenvalue weighted by molar-refractivity contribution is 9.09. The summed E-state index contributed by atoms with van der Waals surface area (Å²) in [6, 6.07) is 4.35. The van der Waals surface area contributed by atoms with E-state index in [9.17, 15) is 0 Å². The standard InChI is InChI=1S/C13H12BrClS2/c14-12(13-9(15)5-6-16-13)11-7-8-3-1-2-4-10(8)17-11/h5-7,12H,1-4H2. The Labute approximate surface area is 123 Å². The molecule has 2 aromatic rings. The number of hydrogen-bond donors (Lipinski definition) is 0. The Morgan fingerprint density at radius 3 is 2.82 bits per heavy atom. The molecular formula is C13H12BrClS2. The van der Waals surface area contributed by atoms with Gasteiger partial charge in [-0.25, -0.2) is 0 Å². The number of hydrogen-bond acceptors (Lipinski definition) is 2. The monoisotopic (exact) mass is 346 g/mol. The lowest BCUT2D eigenvalue weighted by Crippen LogP contribution is -1.96. The predicted octanol–water partition coefficient (Wildman–Crippen LogP) is 5.83. The van der Waals surface area contributed by atoms with Crippen molar-refractivity contribution in [2.45, 2.75) is 30.5 Å². The Kier molecular flexibility index (Phi) is 3.62. The van der Waals surface area contributed by atoms with Gasteiger partial charge in [0.05, 0.1) is 9.85 Å². The second-order valence-corrected chi connectivity index (χ2v) is 7.74. The summed E-state index contributed by atoms with van der Waals surface area (Å²) in [5.41, 5.74) is 1.56. The van der Waals surface area contributed by atoms with Crippen molar-refractivity contribution in [1.29, 1.82) is 0 Å². The van der Waals surface area contributed by atoms with Gasteiger partial charge in [-0.05, 0) is 48.8 Å². The Hall–Kier alpha value is 0.170. The summed E-state index contributed by atoms with van der Waals surface area (Å²) in [6.07, 6.45) is 5.21. The Balaban J connectivity index is 1.94. The first-order valence-corrected chi connectivity index (χ1v) is 8.73. The summed E-state index contributed by atoms with van der Waals surface area (Å²) < 4.78 is 0. The molecule has 0 N–H and O–H groups in total. The van der Waals surface area contributed by atoms with E-state index in [1.165, 1.54) is 35.4 Å². The maximum absolute atomic E-state index is 6.20. The van der Waals surface area contributed by atoms with Crippen molar-refractivity contribution in [1.82, 2.24) is 0 Å². The zero-order valence-electron chi connectivity index (χ0n) is 9.21. The molecule has 90 valence electrons. The minimum Gasteiger partial charge on any atom is -0.146 e. The highest BCUT2D eigenvalue weighted by Gasteiger charge is 2.20. The lowest BCUT2D eigenvalue weighted by atomic mass is 9.99. The summed E-state index contributed by atoms with van der Waals surface area (Å²) >= 11 is 13.7. The fourth-order valence-corrected chi connectivity index (χ4v) is 5.85. The van der Waals surface area contributed by atoms with E-state index in [0.717, 1.165) is 5.02 Å². The van der Waals surface area contributed by atoms with Crippen LogP contribution in [0, 0.1) is 0 Å². The molecule has 0 fully saturated rings. The minimum atomic E-state index is 0.269. The highest BCUT2D eigenvalue weighted by atomic mass is 79.9. The lowest BCUT2D eigenvalue weighted by Gasteiger charge is -2.08. The molecule has 1 atom stereocenters. The fraction of sp³-hybridized carbons (Fsp3) is 0.385. The quantitative estimate of drug-likeness (QED) is 0.600. The molecule has 0 saturated heterocycles. The van der Waals surface area contributed by atoms with Crippen LogP contribution in [0.15, 0.2) is 17.5 Å². The molecule has 1 aliphatic rings. The maximum Gasteiger partial charge on any atom is 0.0846 e. The average Bonchev–Trinajstić information content (AvgIpc) is 2.93. The van der Waals surface area contributed by atoms with E-state index in [4.69, 9.17) is 11.6 Å².